The highest BCUT2D eigenvalue weighted by Gasteiger charge is 2.11. The van der Waals surface area contributed by atoms with E-state index in [0.717, 1.165) is 18.4 Å². The van der Waals surface area contributed by atoms with E-state index in [1.165, 1.54) is 15.8 Å². The molecule has 2 aromatic rings. The molecule has 0 fully saturated rings. The van der Waals surface area contributed by atoms with E-state index >= 15 is 0 Å². The number of hydrogen-bond acceptors (Lipinski definition) is 2. The topological polar surface area (TPSA) is 26.0 Å². The molecule has 1 unspecified atom stereocenters. The van der Waals surface area contributed by atoms with Crippen molar-refractivity contribution in [1.82, 2.24) is 0 Å². The Kier molecular flexibility index (Phi) is 4.38. The van der Waals surface area contributed by atoms with Crippen molar-refractivity contribution in [2.45, 2.75) is 25.8 Å². The fourth-order valence-electron chi connectivity index (χ4n) is 1.80. The first kappa shape index (κ1) is 13.5. The molecule has 1 atom stereocenters. The van der Waals surface area contributed by atoms with E-state index in [9.17, 15) is 4.39 Å². The Balaban J connectivity index is 2.11. The van der Waals surface area contributed by atoms with Crippen LogP contribution in [0.15, 0.2) is 30.3 Å². The highest BCUT2D eigenvalue weighted by molar-refractivity contribution is 7.11. The standard InChI is InChI=1S/C14H15ClFNS/c1-2-10-4-5-11(18-10)8-14(17)9-3-6-12(15)13(16)7-9/h3-7,14H,2,8,17H2,1H3. The van der Waals surface area contributed by atoms with Crippen LogP contribution in [0.4, 0.5) is 4.39 Å². The van der Waals surface area contributed by atoms with Crippen LogP contribution in [0.3, 0.4) is 0 Å². The molecule has 0 saturated heterocycles. The van der Waals surface area contributed by atoms with Gasteiger partial charge in [-0.2, -0.15) is 0 Å². The van der Waals surface area contributed by atoms with E-state index < -0.39 is 5.82 Å². The largest absolute Gasteiger partial charge is 0.324 e. The zero-order chi connectivity index (χ0) is 13.1. The van der Waals surface area contributed by atoms with Crippen molar-refractivity contribution in [3.8, 4) is 0 Å². The van der Waals surface area contributed by atoms with Crippen molar-refractivity contribution in [1.29, 1.82) is 0 Å². The second kappa shape index (κ2) is 5.83. The van der Waals surface area contributed by atoms with E-state index in [-0.39, 0.29) is 11.1 Å². The van der Waals surface area contributed by atoms with Gasteiger partial charge in [-0.3, -0.25) is 0 Å². The average molecular weight is 284 g/mol. The Bertz CT molecular complexity index is 538. The summed E-state index contributed by atoms with van der Waals surface area (Å²) in [6.07, 6.45) is 1.77. The zero-order valence-corrected chi connectivity index (χ0v) is 11.7. The third-order valence-corrected chi connectivity index (χ3v) is 4.42. The summed E-state index contributed by atoms with van der Waals surface area (Å²) in [5.74, 6) is -0.412. The normalized spacial score (nSPS) is 12.7. The second-order valence-electron chi connectivity index (χ2n) is 4.21. The summed E-state index contributed by atoms with van der Waals surface area (Å²) in [5, 5.41) is 0.135. The van der Waals surface area contributed by atoms with Gasteiger partial charge in [-0.15, -0.1) is 11.3 Å². The Morgan fingerprint density at radius 2 is 2.00 bits per heavy atom. The third-order valence-electron chi connectivity index (χ3n) is 2.86. The van der Waals surface area contributed by atoms with Crippen LogP contribution in [0.1, 0.15) is 28.3 Å². The molecule has 0 radical (unpaired) electrons. The molecule has 1 aromatic carbocycles. The molecule has 18 heavy (non-hydrogen) atoms. The van der Waals surface area contributed by atoms with Crippen molar-refractivity contribution in [3.63, 3.8) is 0 Å². The maximum atomic E-state index is 13.4. The molecule has 2 rings (SSSR count). The summed E-state index contributed by atoms with van der Waals surface area (Å²) in [7, 11) is 0. The van der Waals surface area contributed by atoms with Gasteiger partial charge in [0.25, 0.3) is 0 Å². The fraction of sp³-hybridized carbons (Fsp3) is 0.286. The lowest BCUT2D eigenvalue weighted by molar-refractivity contribution is 0.619. The van der Waals surface area contributed by atoms with E-state index in [2.05, 4.69) is 19.1 Å². The number of rotatable bonds is 4. The lowest BCUT2D eigenvalue weighted by Crippen LogP contribution is -2.12. The van der Waals surface area contributed by atoms with Gasteiger partial charge in [-0.25, -0.2) is 4.39 Å². The maximum absolute atomic E-state index is 13.4. The predicted octanol–water partition coefficient (Wildman–Crippen LogP) is 4.35. The first-order valence-corrected chi connectivity index (χ1v) is 7.07. The number of benzene rings is 1. The predicted molar refractivity (Wildman–Crippen MR) is 75.7 cm³/mol. The number of aryl methyl sites for hydroxylation is 1. The summed E-state index contributed by atoms with van der Waals surface area (Å²) in [5.41, 5.74) is 6.87. The first-order valence-electron chi connectivity index (χ1n) is 5.88. The second-order valence-corrected chi connectivity index (χ2v) is 5.87. The van der Waals surface area contributed by atoms with Gasteiger partial charge in [-0.1, -0.05) is 24.6 Å². The molecule has 0 aliphatic heterocycles. The smallest absolute Gasteiger partial charge is 0.142 e. The van der Waals surface area contributed by atoms with Gasteiger partial charge in [0.05, 0.1) is 5.02 Å². The number of thiophene rings is 1. The molecule has 0 amide bonds. The van der Waals surface area contributed by atoms with Crippen molar-refractivity contribution in [2.24, 2.45) is 5.73 Å². The monoisotopic (exact) mass is 283 g/mol. The average Bonchev–Trinajstić information content (AvgIpc) is 2.80. The molecule has 2 N–H and O–H groups in total. The summed E-state index contributed by atoms with van der Waals surface area (Å²) in [6.45, 7) is 2.13. The molecule has 1 aromatic heterocycles. The quantitative estimate of drug-likeness (QED) is 0.887. The summed E-state index contributed by atoms with van der Waals surface area (Å²) in [4.78, 5) is 2.58. The van der Waals surface area contributed by atoms with Crippen LogP contribution in [-0.2, 0) is 12.8 Å². The summed E-state index contributed by atoms with van der Waals surface area (Å²) >= 11 is 7.42. The number of halogens is 2. The van der Waals surface area contributed by atoms with Gasteiger partial charge in [0.1, 0.15) is 5.82 Å². The van der Waals surface area contributed by atoms with Crippen LogP contribution < -0.4 is 5.73 Å². The van der Waals surface area contributed by atoms with Gasteiger partial charge >= 0.3 is 0 Å². The Morgan fingerprint density at radius 3 is 2.61 bits per heavy atom. The number of hydrogen-bond donors (Lipinski definition) is 1. The van der Waals surface area contributed by atoms with Gasteiger partial charge in [0.15, 0.2) is 0 Å². The number of nitrogens with two attached hydrogens (primary N) is 1. The van der Waals surface area contributed by atoms with E-state index in [0.29, 0.717) is 0 Å². The Morgan fingerprint density at radius 1 is 1.28 bits per heavy atom. The van der Waals surface area contributed by atoms with Crippen molar-refractivity contribution >= 4 is 22.9 Å². The van der Waals surface area contributed by atoms with Crippen molar-refractivity contribution in [3.05, 3.63) is 56.5 Å². The molecular formula is C14H15ClFNS. The molecule has 1 heterocycles. The van der Waals surface area contributed by atoms with Crippen molar-refractivity contribution < 1.29 is 4.39 Å². The lowest BCUT2D eigenvalue weighted by Gasteiger charge is -2.11. The first-order chi connectivity index (χ1) is 8.60. The van der Waals surface area contributed by atoms with Gasteiger partial charge in [0.2, 0.25) is 0 Å². The molecule has 0 aliphatic carbocycles. The van der Waals surface area contributed by atoms with E-state index in [4.69, 9.17) is 17.3 Å². The summed E-state index contributed by atoms with van der Waals surface area (Å²) in [6, 6.07) is 8.77. The van der Waals surface area contributed by atoms with Crippen LogP contribution >= 0.6 is 22.9 Å². The molecule has 96 valence electrons. The third kappa shape index (κ3) is 3.10. The molecule has 4 heteroatoms. The molecule has 0 aliphatic rings. The van der Waals surface area contributed by atoms with Crippen LogP contribution in [0.2, 0.25) is 5.02 Å². The molecule has 0 saturated carbocycles. The zero-order valence-electron chi connectivity index (χ0n) is 10.1. The summed E-state index contributed by atoms with van der Waals surface area (Å²) < 4.78 is 13.4. The molecular weight excluding hydrogens is 269 g/mol. The maximum Gasteiger partial charge on any atom is 0.142 e. The van der Waals surface area contributed by atoms with E-state index in [1.807, 2.05) is 0 Å². The molecule has 1 nitrogen and oxygen atoms in total. The highest BCUT2D eigenvalue weighted by Crippen LogP contribution is 2.25. The van der Waals surface area contributed by atoms with Crippen LogP contribution in [0.25, 0.3) is 0 Å². The van der Waals surface area contributed by atoms with Crippen LogP contribution in [-0.4, -0.2) is 0 Å². The lowest BCUT2D eigenvalue weighted by atomic mass is 10.0. The fourth-order valence-corrected chi connectivity index (χ4v) is 2.93. The molecule has 0 spiro atoms. The minimum Gasteiger partial charge on any atom is -0.324 e. The Labute approximate surface area is 115 Å². The van der Waals surface area contributed by atoms with Crippen molar-refractivity contribution in [2.75, 3.05) is 0 Å². The Hall–Kier alpha value is -0.900. The van der Waals surface area contributed by atoms with Crippen LogP contribution in [0.5, 0.6) is 0 Å². The van der Waals surface area contributed by atoms with Gasteiger partial charge in [0, 0.05) is 22.2 Å². The SMILES string of the molecule is CCc1ccc(CC(N)c2ccc(Cl)c(F)c2)s1. The van der Waals surface area contributed by atoms with Crippen LogP contribution in [0, 0.1) is 5.82 Å². The van der Waals surface area contributed by atoms with Gasteiger partial charge < -0.3 is 5.73 Å². The highest BCUT2D eigenvalue weighted by atomic mass is 35.5. The van der Waals surface area contributed by atoms with Gasteiger partial charge in [-0.05, 0) is 36.2 Å². The molecule has 0 bridgehead atoms. The van der Waals surface area contributed by atoms with E-state index in [1.54, 1.807) is 23.5 Å². The minimum absolute atomic E-state index is 0.135. The minimum atomic E-state index is -0.412.